The van der Waals surface area contributed by atoms with Crippen LogP contribution < -0.4 is 10.6 Å². The second-order valence-electron chi connectivity index (χ2n) is 4.91. The highest BCUT2D eigenvalue weighted by Gasteiger charge is 2.05. The standard InChI is InChI=1S/C16H19N3O2/c1-11-6-7-17-9-14(11)10-18-16(21)19-15-5-3-4-13(8-15)12(2)20/h3-9,12,20H,10H2,1-2H3,(H2,18,19,21). The van der Waals surface area contributed by atoms with Gasteiger partial charge in [-0.2, -0.15) is 0 Å². The zero-order valence-electron chi connectivity index (χ0n) is 12.1. The molecule has 3 N–H and O–H groups in total. The quantitative estimate of drug-likeness (QED) is 0.808. The maximum atomic E-state index is 11.9. The van der Waals surface area contributed by atoms with Gasteiger partial charge in [-0.05, 0) is 48.7 Å². The largest absolute Gasteiger partial charge is 0.389 e. The summed E-state index contributed by atoms with van der Waals surface area (Å²) in [7, 11) is 0. The molecular formula is C16H19N3O2. The van der Waals surface area contributed by atoms with Crippen molar-refractivity contribution in [1.29, 1.82) is 0 Å². The number of nitrogens with zero attached hydrogens (tertiary/aromatic N) is 1. The molecule has 0 spiro atoms. The Morgan fingerprint density at radius 3 is 2.90 bits per heavy atom. The van der Waals surface area contributed by atoms with Crippen LogP contribution in [0.15, 0.2) is 42.7 Å². The van der Waals surface area contributed by atoms with Gasteiger partial charge in [-0.1, -0.05) is 12.1 Å². The van der Waals surface area contributed by atoms with Crippen LogP contribution in [0.4, 0.5) is 10.5 Å². The number of amides is 2. The lowest BCUT2D eigenvalue weighted by Crippen LogP contribution is -2.28. The third kappa shape index (κ3) is 4.29. The van der Waals surface area contributed by atoms with Crippen molar-refractivity contribution in [3.05, 3.63) is 59.4 Å². The second-order valence-corrected chi connectivity index (χ2v) is 4.91. The van der Waals surface area contributed by atoms with Gasteiger partial charge in [-0.25, -0.2) is 4.79 Å². The second kappa shape index (κ2) is 6.85. The minimum absolute atomic E-state index is 0.291. The molecule has 0 bridgehead atoms. The Balaban J connectivity index is 1.93. The van der Waals surface area contributed by atoms with Gasteiger partial charge in [0.15, 0.2) is 0 Å². The van der Waals surface area contributed by atoms with Gasteiger partial charge < -0.3 is 15.7 Å². The molecule has 2 amide bonds. The van der Waals surface area contributed by atoms with Crippen LogP contribution >= 0.6 is 0 Å². The number of pyridine rings is 1. The van der Waals surface area contributed by atoms with Gasteiger partial charge in [-0.3, -0.25) is 4.98 Å². The van der Waals surface area contributed by atoms with E-state index >= 15 is 0 Å². The molecule has 0 radical (unpaired) electrons. The summed E-state index contributed by atoms with van der Waals surface area (Å²) in [6.45, 7) is 4.08. The van der Waals surface area contributed by atoms with Crippen LogP contribution in [0.3, 0.4) is 0 Å². The first-order chi connectivity index (χ1) is 10.1. The summed E-state index contributed by atoms with van der Waals surface area (Å²) in [5, 5.41) is 15.1. The van der Waals surface area contributed by atoms with E-state index in [9.17, 15) is 9.90 Å². The smallest absolute Gasteiger partial charge is 0.319 e. The van der Waals surface area contributed by atoms with E-state index in [2.05, 4.69) is 15.6 Å². The van der Waals surface area contributed by atoms with Gasteiger partial charge in [0.2, 0.25) is 0 Å². The molecule has 0 saturated heterocycles. The van der Waals surface area contributed by atoms with E-state index in [1.165, 1.54) is 0 Å². The molecule has 0 aliphatic carbocycles. The van der Waals surface area contributed by atoms with E-state index in [4.69, 9.17) is 0 Å². The molecule has 1 aromatic heterocycles. The van der Waals surface area contributed by atoms with E-state index < -0.39 is 6.10 Å². The van der Waals surface area contributed by atoms with Crippen molar-refractivity contribution >= 4 is 11.7 Å². The lowest BCUT2D eigenvalue weighted by molar-refractivity contribution is 0.199. The fourth-order valence-corrected chi connectivity index (χ4v) is 1.91. The normalized spacial score (nSPS) is 11.8. The predicted octanol–water partition coefficient (Wildman–Crippen LogP) is 2.77. The minimum atomic E-state index is -0.562. The fourth-order valence-electron chi connectivity index (χ4n) is 1.91. The Bertz CT molecular complexity index is 626. The van der Waals surface area contributed by atoms with E-state index in [-0.39, 0.29) is 6.03 Å². The number of urea groups is 1. The molecule has 1 atom stereocenters. The lowest BCUT2D eigenvalue weighted by atomic mass is 10.1. The van der Waals surface area contributed by atoms with E-state index in [0.717, 1.165) is 16.7 Å². The van der Waals surface area contributed by atoms with E-state index in [0.29, 0.717) is 12.2 Å². The first kappa shape index (κ1) is 15.0. The number of carbonyl (C=O) groups is 1. The SMILES string of the molecule is Cc1ccncc1CNC(=O)Nc1cccc(C(C)O)c1. The average molecular weight is 285 g/mol. The number of aliphatic hydroxyl groups excluding tert-OH is 1. The van der Waals surface area contributed by atoms with Crippen molar-refractivity contribution in [3.63, 3.8) is 0 Å². The Morgan fingerprint density at radius 1 is 1.38 bits per heavy atom. The van der Waals surface area contributed by atoms with Crippen LogP contribution in [-0.4, -0.2) is 16.1 Å². The summed E-state index contributed by atoms with van der Waals surface area (Å²) < 4.78 is 0. The van der Waals surface area contributed by atoms with Gasteiger partial charge in [-0.15, -0.1) is 0 Å². The van der Waals surface area contributed by atoms with Crippen molar-refractivity contribution in [1.82, 2.24) is 10.3 Å². The van der Waals surface area contributed by atoms with Crippen LogP contribution in [-0.2, 0) is 6.54 Å². The molecular weight excluding hydrogens is 266 g/mol. The van der Waals surface area contributed by atoms with Crippen molar-refractivity contribution in [2.24, 2.45) is 0 Å². The zero-order valence-corrected chi connectivity index (χ0v) is 12.1. The molecule has 5 nitrogen and oxygen atoms in total. The number of hydrogen-bond donors (Lipinski definition) is 3. The number of carbonyl (C=O) groups excluding carboxylic acids is 1. The van der Waals surface area contributed by atoms with Gasteiger partial charge in [0, 0.05) is 24.6 Å². The van der Waals surface area contributed by atoms with Crippen molar-refractivity contribution in [2.75, 3.05) is 5.32 Å². The average Bonchev–Trinajstić information content (AvgIpc) is 2.46. The molecule has 1 heterocycles. The number of nitrogens with one attached hydrogen (secondary N) is 2. The summed E-state index contributed by atoms with van der Waals surface area (Å²) in [5.41, 5.74) is 3.47. The van der Waals surface area contributed by atoms with E-state index in [1.807, 2.05) is 19.1 Å². The molecule has 0 fully saturated rings. The number of rotatable bonds is 4. The van der Waals surface area contributed by atoms with Crippen molar-refractivity contribution < 1.29 is 9.90 Å². The summed E-state index contributed by atoms with van der Waals surface area (Å²) in [4.78, 5) is 15.9. The number of aromatic nitrogens is 1. The molecule has 1 unspecified atom stereocenters. The van der Waals surface area contributed by atoms with E-state index in [1.54, 1.807) is 37.5 Å². The number of anilines is 1. The fraction of sp³-hybridized carbons (Fsp3) is 0.250. The van der Waals surface area contributed by atoms with Crippen LogP contribution in [0.2, 0.25) is 0 Å². The maximum absolute atomic E-state index is 11.9. The minimum Gasteiger partial charge on any atom is -0.389 e. The van der Waals surface area contributed by atoms with Crippen molar-refractivity contribution in [3.8, 4) is 0 Å². The van der Waals surface area contributed by atoms with Gasteiger partial charge in [0.25, 0.3) is 0 Å². The van der Waals surface area contributed by atoms with Crippen LogP contribution in [0.1, 0.15) is 29.7 Å². The van der Waals surface area contributed by atoms with Gasteiger partial charge in [0.05, 0.1) is 6.10 Å². The van der Waals surface area contributed by atoms with Crippen molar-refractivity contribution in [2.45, 2.75) is 26.5 Å². The first-order valence-corrected chi connectivity index (χ1v) is 6.78. The Labute approximate surface area is 124 Å². The predicted molar refractivity (Wildman–Crippen MR) is 81.9 cm³/mol. The lowest BCUT2D eigenvalue weighted by Gasteiger charge is -2.11. The molecule has 5 heteroatoms. The van der Waals surface area contributed by atoms with Crippen LogP contribution in [0, 0.1) is 6.92 Å². The third-order valence-electron chi connectivity index (χ3n) is 3.21. The third-order valence-corrected chi connectivity index (χ3v) is 3.21. The summed E-state index contributed by atoms with van der Waals surface area (Å²) in [6, 6.07) is 8.75. The molecule has 2 aromatic rings. The van der Waals surface area contributed by atoms with Crippen LogP contribution in [0.25, 0.3) is 0 Å². The van der Waals surface area contributed by atoms with Crippen LogP contribution in [0.5, 0.6) is 0 Å². The Hall–Kier alpha value is -2.40. The first-order valence-electron chi connectivity index (χ1n) is 6.78. The monoisotopic (exact) mass is 285 g/mol. The highest BCUT2D eigenvalue weighted by Crippen LogP contribution is 2.16. The maximum Gasteiger partial charge on any atom is 0.319 e. The summed E-state index contributed by atoms with van der Waals surface area (Å²) in [5.74, 6) is 0. The number of aryl methyl sites for hydroxylation is 1. The zero-order chi connectivity index (χ0) is 15.2. The topological polar surface area (TPSA) is 74.2 Å². The molecule has 110 valence electrons. The van der Waals surface area contributed by atoms with Gasteiger partial charge >= 0.3 is 6.03 Å². The molecule has 21 heavy (non-hydrogen) atoms. The molecule has 0 aliphatic rings. The Kier molecular flexibility index (Phi) is 4.90. The molecule has 0 aliphatic heterocycles. The van der Waals surface area contributed by atoms with Gasteiger partial charge in [0.1, 0.15) is 0 Å². The summed E-state index contributed by atoms with van der Waals surface area (Å²) >= 11 is 0. The Morgan fingerprint density at radius 2 is 2.19 bits per heavy atom. The summed E-state index contributed by atoms with van der Waals surface area (Å²) in [6.07, 6.45) is 2.90. The highest BCUT2D eigenvalue weighted by molar-refractivity contribution is 5.89. The number of hydrogen-bond acceptors (Lipinski definition) is 3. The number of aliphatic hydroxyl groups is 1. The molecule has 2 rings (SSSR count). The number of benzene rings is 1. The highest BCUT2D eigenvalue weighted by atomic mass is 16.3. The molecule has 1 aromatic carbocycles. The molecule has 0 saturated carbocycles.